The summed E-state index contributed by atoms with van der Waals surface area (Å²) >= 11 is 2.56. The fourth-order valence-electron chi connectivity index (χ4n) is 4.67. The van der Waals surface area contributed by atoms with Crippen LogP contribution in [0.5, 0.6) is 0 Å². The fraction of sp³-hybridized carbons (Fsp3) is 0.0938. The van der Waals surface area contributed by atoms with Crippen molar-refractivity contribution in [2.24, 2.45) is 7.05 Å². The number of rotatable bonds is 8. The van der Waals surface area contributed by atoms with Crippen molar-refractivity contribution in [2.75, 3.05) is 18.2 Å². The zero-order valence-electron chi connectivity index (χ0n) is 22.8. The molecule has 0 radical (unpaired) electrons. The number of carbonyl (C=O) groups excluding carboxylic acids is 2. The lowest BCUT2D eigenvalue weighted by atomic mass is 10.0. The van der Waals surface area contributed by atoms with Crippen molar-refractivity contribution in [2.45, 2.75) is 5.16 Å². The number of pyridine rings is 1. The van der Waals surface area contributed by atoms with Gasteiger partial charge in [-0.05, 0) is 17.7 Å². The molecule has 0 saturated carbocycles. The van der Waals surface area contributed by atoms with E-state index in [9.17, 15) is 9.59 Å². The Bertz CT molecular complexity index is 1900. The van der Waals surface area contributed by atoms with Crippen molar-refractivity contribution in [3.05, 3.63) is 102 Å². The summed E-state index contributed by atoms with van der Waals surface area (Å²) in [7, 11) is 3.21. The Labute approximate surface area is 250 Å². The van der Waals surface area contributed by atoms with E-state index in [1.165, 1.54) is 30.2 Å². The maximum absolute atomic E-state index is 13.0. The van der Waals surface area contributed by atoms with Crippen LogP contribution in [0.1, 0.15) is 10.4 Å². The van der Waals surface area contributed by atoms with Crippen LogP contribution in [0.15, 0.2) is 102 Å². The van der Waals surface area contributed by atoms with Crippen molar-refractivity contribution in [1.29, 1.82) is 0 Å². The Balaban J connectivity index is 1.24. The maximum Gasteiger partial charge on any atom is 0.341 e. The minimum Gasteiger partial charge on any atom is -0.465 e. The molecule has 0 spiro atoms. The van der Waals surface area contributed by atoms with Crippen molar-refractivity contribution in [3.63, 3.8) is 0 Å². The largest absolute Gasteiger partial charge is 0.465 e. The van der Waals surface area contributed by atoms with Gasteiger partial charge >= 0.3 is 5.97 Å². The Kier molecular flexibility index (Phi) is 7.81. The predicted octanol–water partition coefficient (Wildman–Crippen LogP) is 6.94. The van der Waals surface area contributed by atoms with Gasteiger partial charge in [0.05, 0.1) is 24.1 Å². The number of fused-ring (bicyclic) bond motifs is 1. The van der Waals surface area contributed by atoms with Gasteiger partial charge in [0.2, 0.25) is 5.91 Å². The van der Waals surface area contributed by atoms with Crippen LogP contribution in [0.4, 0.5) is 5.00 Å². The summed E-state index contributed by atoms with van der Waals surface area (Å²) < 4.78 is 6.90. The summed E-state index contributed by atoms with van der Waals surface area (Å²) in [6.07, 6.45) is 0. The van der Waals surface area contributed by atoms with Gasteiger partial charge in [-0.25, -0.2) is 9.78 Å². The Hall–Kier alpha value is -4.80. The van der Waals surface area contributed by atoms with Crippen LogP contribution in [0.2, 0.25) is 0 Å². The lowest BCUT2D eigenvalue weighted by Gasteiger charge is -2.10. The average Bonchev–Trinajstić information content (AvgIpc) is 3.62. The molecule has 0 aliphatic heterocycles. The first-order valence-electron chi connectivity index (χ1n) is 13.1. The summed E-state index contributed by atoms with van der Waals surface area (Å²) in [5.74, 6) is -0.0166. The van der Waals surface area contributed by atoms with Crippen LogP contribution in [-0.2, 0) is 16.6 Å². The second-order valence-corrected chi connectivity index (χ2v) is 11.2. The van der Waals surface area contributed by atoms with Gasteiger partial charge in [0.25, 0.3) is 0 Å². The van der Waals surface area contributed by atoms with Crippen LogP contribution in [-0.4, -0.2) is 44.5 Å². The zero-order chi connectivity index (χ0) is 29.1. The molecule has 6 aromatic rings. The van der Waals surface area contributed by atoms with Gasteiger partial charge in [0, 0.05) is 34.5 Å². The monoisotopic (exact) mass is 591 g/mol. The number of hydrogen-bond acceptors (Lipinski definition) is 8. The lowest BCUT2D eigenvalue weighted by molar-refractivity contribution is -0.113. The van der Waals surface area contributed by atoms with Gasteiger partial charge in [0.15, 0.2) is 11.0 Å². The molecule has 8 nitrogen and oxygen atoms in total. The third-order valence-corrected chi connectivity index (χ3v) is 8.63. The topological polar surface area (TPSA) is 99.0 Å². The van der Waals surface area contributed by atoms with E-state index < -0.39 is 5.97 Å². The van der Waals surface area contributed by atoms with E-state index in [-0.39, 0.29) is 11.7 Å². The minimum absolute atomic E-state index is 0.0809. The first kappa shape index (κ1) is 27.4. The number of carbonyl (C=O) groups is 2. The van der Waals surface area contributed by atoms with Gasteiger partial charge in [0.1, 0.15) is 10.6 Å². The highest BCUT2D eigenvalue weighted by molar-refractivity contribution is 7.99. The van der Waals surface area contributed by atoms with Crippen LogP contribution < -0.4 is 5.32 Å². The van der Waals surface area contributed by atoms with Gasteiger partial charge in [-0.2, -0.15) is 0 Å². The molecule has 1 amide bonds. The molecule has 10 heteroatoms. The number of thiophene rings is 1. The number of nitrogens with one attached hydrogen (secondary N) is 1. The summed E-state index contributed by atoms with van der Waals surface area (Å²) in [6.45, 7) is 0. The fourth-order valence-corrected chi connectivity index (χ4v) is 6.35. The number of benzene rings is 3. The van der Waals surface area contributed by atoms with Crippen molar-refractivity contribution < 1.29 is 14.3 Å². The number of amides is 1. The predicted molar refractivity (Wildman–Crippen MR) is 168 cm³/mol. The Morgan fingerprint density at radius 2 is 1.60 bits per heavy atom. The van der Waals surface area contributed by atoms with Gasteiger partial charge in [-0.3, -0.25) is 4.79 Å². The number of para-hydroxylation sites is 1. The number of ether oxygens (including phenoxy) is 1. The molecule has 42 heavy (non-hydrogen) atoms. The van der Waals surface area contributed by atoms with E-state index in [4.69, 9.17) is 9.72 Å². The first-order valence-corrected chi connectivity index (χ1v) is 14.9. The lowest BCUT2D eigenvalue weighted by Crippen LogP contribution is -2.16. The summed E-state index contributed by atoms with van der Waals surface area (Å²) in [6, 6.07) is 29.5. The normalized spacial score (nSPS) is 11.0. The van der Waals surface area contributed by atoms with Crippen LogP contribution in [0, 0.1) is 0 Å². The molecule has 0 saturated heterocycles. The molecule has 0 aliphatic carbocycles. The molecule has 3 aromatic heterocycles. The number of aromatic nitrogens is 4. The highest BCUT2D eigenvalue weighted by Gasteiger charge is 2.23. The molecule has 1 N–H and O–H groups in total. The molecule has 0 atom stereocenters. The third kappa shape index (κ3) is 5.41. The van der Waals surface area contributed by atoms with E-state index in [0.717, 1.165) is 33.3 Å². The molecule has 3 aromatic carbocycles. The summed E-state index contributed by atoms with van der Waals surface area (Å²) in [5.41, 5.74) is 5.54. The molecule has 0 fully saturated rings. The number of nitrogens with zero attached hydrogens (tertiary/aromatic N) is 4. The van der Waals surface area contributed by atoms with Crippen LogP contribution in [0.25, 0.3) is 44.7 Å². The number of methoxy groups -OCH3 is 1. The van der Waals surface area contributed by atoms with Gasteiger partial charge in [-0.15, -0.1) is 21.5 Å². The quantitative estimate of drug-likeness (QED) is 0.151. The van der Waals surface area contributed by atoms with E-state index >= 15 is 0 Å². The molecule has 3 heterocycles. The maximum atomic E-state index is 13.0. The molecule has 6 rings (SSSR count). The molecular weight excluding hydrogens is 567 g/mol. The van der Waals surface area contributed by atoms with E-state index in [2.05, 4.69) is 15.5 Å². The van der Waals surface area contributed by atoms with E-state index in [1.807, 2.05) is 108 Å². The van der Waals surface area contributed by atoms with E-state index in [1.54, 1.807) is 0 Å². The number of thioether (sulfide) groups is 1. The van der Waals surface area contributed by atoms with Gasteiger partial charge in [-0.1, -0.05) is 90.6 Å². The van der Waals surface area contributed by atoms with E-state index in [0.29, 0.717) is 27.1 Å². The standard InChI is InChI=1S/C32H25N5O3S2/c1-37-29(23-17-26(21-13-7-4-8-14-21)33-25-16-10-9-15-22(23)25)35-36-32(37)42-19-27(38)34-30-28(31(39)40-2)24(18-41-30)20-11-5-3-6-12-20/h3-18H,19H2,1-2H3,(H,34,38). The highest BCUT2D eigenvalue weighted by atomic mass is 32.2. The molecule has 208 valence electrons. The smallest absolute Gasteiger partial charge is 0.341 e. The summed E-state index contributed by atoms with van der Waals surface area (Å²) in [4.78, 5) is 30.5. The van der Waals surface area contributed by atoms with Crippen LogP contribution >= 0.6 is 23.1 Å². The molecule has 0 unspecified atom stereocenters. The number of esters is 1. The molecule has 0 aliphatic rings. The second kappa shape index (κ2) is 12.0. The Morgan fingerprint density at radius 3 is 2.33 bits per heavy atom. The molecular formula is C32H25N5O3S2. The van der Waals surface area contributed by atoms with Crippen molar-refractivity contribution >= 4 is 50.9 Å². The van der Waals surface area contributed by atoms with Crippen molar-refractivity contribution in [3.8, 4) is 33.8 Å². The van der Waals surface area contributed by atoms with Crippen LogP contribution in [0.3, 0.4) is 0 Å². The summed E-state index contributed by atoms with van der Waals surface area (Å²) in [5, 5.41) is 15.6. The Morgan fingerprint density at radius 1 is 0.905 bits per heavy atom. The average molecular weight is 592 g/mol. The number of hydrogen-bond donors (Lipinski definition) is 1. The zero-order valence-corrected chi connectivity index (χ0v) is 24.4. The van der Waals surface area contributed by atoms with Crippen molar-refractivity contribution in [1.82, 2.24) is 19.7 Å². The van der Waals surface area contributed by atoms with Gasteiger partial charge < -0.3 is 14.6 Å². The first-order chi connectivity index (χ1) is 20.5. The molecule has 0 bridgehead atoms. The third-order valence-electron chi connectivity index (χ3n) is 6.71. The SMILES string of the molecule is COC(=O)c1c(-c2ccccc2)csc1NC(=O)CSc1nnc(-c2cc(-c3ccccc3)nc3ccccc23)n1C. The minimum atomic E-state index is -0.504. The highest BCUT2D eigenvalue weighted by Crippen LogP contribution is 2.37. The number of anilines is 1. The second-order valence-electron chi connectivity index (χ2n) is 9.35.